The summed E-state index contributed by atoms with van der Waals surface area (Å²) in [6, 6.07) is 3.64. The molecule has 1 aromatic carbocycles. The van der Waals surface area contributed by atoms with Gasteiger partial charge in [-0.2, -0.15) is 0 Å². The fraction of sp³-hybridized carbons (Fsp3) is 0.222. The first-order chi connectivity index (χ1) is 6.70. The molecule has 0 spiro atoms. The number of ether oxygens (including phenoxy) is 1. The molecule has 0 aliphatic carbocycles. The predicted molar refractivity (Wildman–Crippen MR) is 60.2 cm³/mol. The number of anilines is 1. The highest BCUT2D eigenvalue weighted by atomic mass is 35.5. The van der Waals surface area contributed by atoms with Crippen molar-refractivity contribution < 1.29 is 4.74 Å². The minimum Gasteiger partial charge on any atom is -0.492 e. The monoisotopic (exact) mass is 228 g/mol. The minimum absolute atomic E-state index is 0.546. The fourth-order valence-corrected chi connectivity index (χ4v) is 2.17. The van der Waals surface area contributed by atoms with Crippen LogP contribution in [0.25, 0.3) is 10.2 Å². The summed E-state index contributed by atoms with van der Waals surface area (Å²) in [5, 5.41) is 1.12. The van der Waals surface area contributed by atoms with E-state index in [1.807, 2.05) is 13.0 Å². The molecule has 0 aliphatic rings. The van der Waals surface area contributed by atoms with Gasteiger partial charge in [0.1, 0.15) is 5.75 Å². The summed E-state index contributed by atoms with van der Waals surface area (Å²) < 4.78 is 6.36. The average molecular weight is 229 g/mol. The molecule has 2 N–H and O–H groups in total. The highest BCUT2D eigenvalue weighted by Gasteiger charge is 2.07. The first-order valence-corrected chi connectivity index (χ1v) is 5.38. The number of rotatable bonds is 2. The Hall–Kier alpha value is -1.00. The summed E-state index contributed by atoms with van der Waals surface area (Å²) in [7, 11) is 0. The number of hydrogen-bond donors (Lipinski definition) is 1. The van der Waals surface area contributed by atoms with Crippen LogP contribution in [0.5, 0.6) is 5.75 Å². The lowest BCUT2D eigenvalue weighted by Crippen LogP contribution is -1.91. The van der Waals surface area contributed by atoms with E-state index in [0.717, 1.165) is 10.2 Å². The second-order valence-electron chi connectivity index (χ2n) is 2.74. The Kier molecular flexibility index (Phi) is 2.48. The number of hydrogen-bond acceptors (Lipinski definition) is 4. The molecule has 0 bridgehead atoms. The second kappa shape index (κ2) is 3.63. The number of nitrogens with zero attached hydrogens (tertiary/aromatic N) is 1. The Morgan fingerprint density at radius 1 is 1.57 bits per heavy atom. The van der Waals surface area contributed by atoms with Crippen LogP contribution in [0.15, 0.2) is 12.1 Å². The van der Waals surface area contributed by atoms with E-state index in [9.17, 15) is 0 Å². The van der Waals surface area contributed by atoms with Gasteiger partial charge in [0.25, 0.3) is 0 Å². The van der Waals surface area contributed by atoms with Crippen LogP contribution in [-0.4, -0.2) is 11.6 Å². The van der Waals surface area contributed by atoms with Crippen molar-refractivity contribution >= 4 is 38.3 Å². The van der Waals surface area contributed by atoms with Gasteiger partial charge in [-0.15, -0.1) is 0 Å². The van der Waals surface area contributed by atoms with Crippen molar-refractivity contribution in [1.29, 1.82) is 0 Å². The number of benzene rings is 1. The Bertz CT molecular complexity index is 469. The lowest BCUT2D eigenvalue weighted by atomic mass is 10.3. The van der Waals surface area contributed by atoms with E-state index in [1.165, 1.54) is 11.3 Å². The van der Waals surface area contributed by atoms with Crippen LogP contribution in [0.4, 0.5) is 5.13 Å². The number of nitrogen functional groups attached to an aromatic ring is 1. The van der Waals surface area contributed by atoms with Crippen LogP contribution >= 0.6 is 22.9 Å². The Morgan fingerprint density at radius 3 is 3.07 bits per heavy atom. The van der Waals surface area contributed by atoms with Gasteiger partial charge < -0.3 is 10.5 Å². The largest absolute Gasteiger partial charge is 0.492 e. The average Bonchev–Trinajstić information content (AvgIpc) is 2.45. The Morgan fingerprint density at radius 2 is 2.36 bits per heavy atom. The van der Waals surface area contributed by atoms with Crippen LogP contribution < -0.4 is 10.5 Å². The van der Waals surface area contributed by atoms with E-state index < -0.39 is 0 Å². The highest BCUT2D eigenvalue weighted by molar-refractivity contribution is 7.22. The molecule has 2 rings (SSSR count). The molecule has 0 aliphatic heterocycles. The molecule has 0 atom stereocenters. The topological polar surface area (TPSA) is 48.1 Å². The van der Waals surface area contributed by atoms with Crippen molar-refractivity contribution in [2.45, 2.75) is 6.92 Å². The molecule has 0 saturated heterocycles. The van der Waals surface area contributed by atoms with Crippen molar-refractivity contribution in [2.75, 3.05) is 12.3 Å². The molecule has 2 aromatic rings. The molecule has 0 radical (unpaired) electrons. The summed E-state index contributed by atoms with van der Waals surface area (Å²) in [5.74, 6) is 0.685. The number of halogens is 1. The van der Waals surface area contributed by atoms with Crippen LogP contribution in [0.3, 0.4) is 0 Å². The SMILES string of the molecule is CCOc1cc2sc(N)nc2cc1Cl. The van der Waals surface area contributed by atoms with E-state index in [4.69, 9.17) is 22.1 Å². The molecule has 1 heterocycles. The fourth-order valence-electron chi connectivity index (χ4n) is 1.21. The number of thiazole rings is 1. The van der Waals surface area contributed by atoms with Gasteiger partial charge in [-0.25, -0.2) is 4.98 Å². The lowest BCUT2D eigenvalue weighted by molar-refractivity contribution is 0.341. The summed E-state index contributed by atoms with van der Waals surface area (Å²) in [6.45, 7) is 2.51. The quantitative estimate of drug-likeness (QED) is 0.860. The molecular formula is C9H9ClN2OS. The zero-order valence-electron chi connectivity index (χ0n) is 7.58. The van der Waals surface area contributed by atoms with Gasteiger partial charge in [0.05, 0.1) is 21.8 Å². The molecular weight excluding hydrogens is 220 g/mol. The van der Waals surface area contributed by atoms with Gasteiger partial charge in [0.15, 0.2) is 5.13 Å². The maximum absolute atomic E-state index is 5.99. The van der Waals surface area contributed by atoms with E-state index in [1.54, 1.807) is 6.07 Å². The van der Waals surface area contributed by atoms with Gasteiger partial charge in [-0.05, 0) is 13.0 Å². The van der Waals surface area contributed by atoms with Crippen molar-refractivity contribution in [1.82, 2.24) is 4.98 Å². The Labute approximate surface area is 90.5 Å². The summed E-state index contributed by atoms with van der Waals surface area (Å²) in [4.78, 5) is 4.13. The summed E-state index contributed by atoms with van der Waals surface area (Å²) >= 11 is 7.42. The molecule has 14 heavy (non-hydrogen) atoms. The van der Waals surface area contributed by atoms with Crippen LogP contribution in [0, 0.1) is 0 Å². The van der Waals surface area contributed by atoms with E-state index in [-0.39, 0.29) is 0 Å². The van der Waals surface area contributed by atoms with Gasteiger partial charge >= 0.3 is 0 Å². The molecule has 0 unspecified atom stereocenters. The van der Waals surface area contributed by atoms with Crippen molar-refractivity contribution in [3.63, 3.8) is 0 Å². The van der Waals surface area contributed by atoms with Crippen molar-refractivity contribution in [3.8, 4) is 5.75 Å². The number of fused-ring (bicyclic) bond motifs is 1. The molecule has 0 fully saturated rings. The number of aromatic nitrogens is 1. The maximum Gasteiger partial charge on any atom is 0.181 e. The van der Waals surface area contributed by atoms with Gasteiger partial charge in [-0.1, -0.05) is 22.9 Å². The van der Waals surface area contributed by atoms with E-state index in [2.05, 4.69) is 4.98 Å². The third-order valence-corrected chi connectivity index (χ3v) is 2.90. The zero-order valence-corrected chi connectivity index (χ0v) is 9.15. The smallest absolute Gasteiger partial charge is 0.181 e. The highest BCUT2D eigenvalue weighted by Crippen LogP contribution is 2.33. The van der Waals surface area contributed by atoms with Crippen LogP contribution in [-0.2, 0) is 0 Å². The zero-order chi connectivity index (χ0) is 10.1. The van der Waals surface area contributed by atoms with Gasteiger partial charge in [0.2, 0.25) is 0 Å². The predicted octanol–water partition coefficient (Wildman–Crippen LogP) is 2.93. The normalized spacial score (nSPS) is 10.7. The third kappa shape index (κ3) is 1.63. The first kappa shape index (κ1) is 9.55. The van der Waals surface area contributed by atoms with E-state index >= 15 is 0 Å². The molecule has 0 amide bonds. The summed E-state index contributed by atoms with van der Waals surface area (Å²) in [5.41, 5.74) is 6.41. The minimum atomic E-state index is 0.546. The molecule has 74 valence electrons. The lowest BCUT2D eigenvalue weighted by Gasteiger charge is -2.04. The maximum atomic E-state index is 5.99. The third-order valence-electron chi connectivity index (χ3n) is 1.76. The van der Waals surface area contributed by atoms with Gasteiger partial charge in [0, 0.05) is 6.07 Å². The second-order valence-corrected chi connectivity index (χ2v) is 4.20. The molecule has 3 nitrogen and oxygen atoms in total. The standard InChI is InChI=1S/C9H9ClN2OS/c1-2-13-7-4-8-6(3-5(7)10)12-9(11)14-8/h3-4H,2H2,1H3,(H2,11,12). The van der Waals surface area contributed by atoms with Crippen LogP contribution in [0.2, 0.25) is 5.02 Å². The van der Waals surface area contributed by atoms with Crippen molar-refractivity contribution in [3.05, 3.63) is 17.2 Å². The first-order valence-electron chi connectivity index (χ1n) is 4.19. The van der Waals surface area contributed by atoms with E-state index in [0.29, 0.717) is 22.5 Å². The molecule has 1 aromatic heterocycles. The molecule has 0 saturated carbocycles. The van der Waals surface area contributed by atoms with Gasteiger partial charge in [-0.3, -0.25) is 0 Å². The van der Waals surface area contributed by atoms with Crippen LogP contribution in [0.1, 0.15) is 6.92 Å². The Balaban J connectivity index is 2.58. The number of nitrogens with two attached hydrogens (primary N) is 1. The summed E-state index contributed by atoms with van der Waals surface area (Å²) in [6.07, 6.45) is 0. The molecule has 5 heteroatoms. The van der Waals surface area contributed by atoms with Crippen molar-refractivity contribution in [2.24, 2.45) is 0 Å².